The molecule has 0 saturated heterocycles. The van der Waals surface area contributed by atoms with Gasteiger partial charge >= 0.3 is 0 Å². The highest BCUT2D eigenvalue weighted by atomic mass is 35.5. The van der Waals surface area contributed by atoms with Crippen LogP contribution < -0.4 is 0 Å². The minimum Gasteiger partial charge on any atom is -0.299 e. The molecule has 0 radical (unpaired) electrons. The minimum atomic E-state index is 0.634. The predicted octanol–water partition coefficient (Wildman–Crippen LogP) is 3.61. The molecule has 0 N–H and O–H groups in total. The van der Waals surface area contributed by atoms with Crippen molar-refractivity contribution in [2.45, 2.75) is 4.90 Å². The topological polar surface area (TPSA) is 17.1 Å². The molecule has 3 heteroatoms. The van der Waals surface area contributed by atoms with Crippen molar-refractivity contribution in [2.24, 2.45) is 0 Å². The molecule has 1 aromatic carbocycles. The fourth-order valence-corrected chi connectivity index (χ4v) is 1.82. The lowest BCUT2D eigenvalue weighted by atomic mass is 10.4. The van der Waals surface area contributed by atoms with Crippen LogP contribution in [-0.2, 0) is 4.79 Å². The van der Waals surface area contributed by atoms with E-state index in [1.54, 1.807) is 12.2 Å². The second-order valence-electron chi connectivity index (χ2n) is 2.41. The van der Waals surface area contributed by atoms with Crippen LogP contribution in [0.4, 0.5) is 0 Å². The first-order valence-corrected chi connectivity index (χ1v) is 5.23. The van der Waals surface area contributed by atoms with Crippen LogP contribution in [0.25, 0.3) is 0 Å². The molecule has 0 aromatic heterocycles. The number of hydrogen-bond acceptors (Lipinski definition) is 2. The maximum absolute atomic E-state index is 9.98. The Bertz CT molecular complexity index is 344. The third-order valence-electron chi connectivity index (χ3n) is 1.38. The van der Waals surface area contributed by atoms with Crippen LogP contribution in [0.2, 0.25) is 0 Å². The number of halogens is 1. The number of carbonyl (C=O) groups is 1. The number of rotatable bonds is 4. The number of thioether (sulfide) groups is 1. The Morgan fingerprint density at radius 2 is 1.93 bits per heavy atom. The first-order valence-electron chi connectivity index (χ1n) is 4.03. The van der Waals surface area contributed by atoms with Gasteiger partial charge < -0.3 is 0 Å². The smallest absolute Gasteiger partial charge is 0.142 e. The van der Waals surface area contributed by atoms with Gasteiger partial charge in [-0.15, -0.1) is 0 Å². The average molecular weight is 225 g/mol. The molecule has 0 amide bonds. The first kappa shape index (κ1) is 11.1. The van der Waals surface area contributed by atoms with Gasteiger partial charge in [0, 0.05) is 4.90 Å². The zero-order chi connectivity index (χ0) is 10.2. The Morgan fingerprint density at radius 3 is 2.57 bits per heavy atom. The van der Waals surface area contributed by atoms with E-state index >= 15 is 0 Å². The normalized spacial score (nSPS) is 11.9. The summed E-state index contributed by atoms with van der Waals surface area (Å²) in [7, 11) is 0. The second kappa shape index (κ2) is 6.46. The Hall–Kier alpha value is -0.990. The van der Waals surface area contributed by atoms with Crippen LogP contribution in [0.1, 0.15) is 0 Å². The van der Waals surface area contributed by atoms with Gasteiger partial charge in [-0.2, -0.15) is 0 Å². The van der Waals surface area contributed by atoms with Crippen molar-refractivity contribution in [3.63, 3.8) is 0 Å². The summed E-state index contributed by atoms with van der Waals surface area (Å²) < 4.78 is 0.634. The molecule has 0 unspecified atom stereocenters. The lowest BCUT2D eigenvalue weighted by molar-refractivity contribution is -0.104. The highest BCUT2D eigenvalue weighted by Gasteiger charge is 1.94. The van der Waals surface area contributed by atoms with Crippen molar-refractivity contribution in [3.05, 3.63) is 52.9 Å². The molecule has 14 heavy (non-hydrogen) atoms. The average Bonchev–Trinajstić information content (AvgIpc) is 2.20. The Labute approximate surface area is 92.5 Å². The molecule has 1 rings (SSSR count). The lowest BCUT2D eigenvalue weighted by Crippen LogP contribution is -1.68. The summed E-state index contributed by atoms with van der Waals surface area (Å²) in [6, 6.07) is 9.81. The molecule has 0 heterocycles. The molecule has 0 bridgehead atoms. The van der Waals surface area contributed by atoms with E-state index in [1.165, 1.54) is 17.8 Å². The fourth-order valence-electron chi connectivity index (χ4n) is 0.812. The van der Waals surface area contributed by atoms with Crippen LogP contribution >= 0.6 is 23.4 Å². The van der Waals surface area contributed by atoms with Gasteiger partial charge in [-0.3, -0.25) is 4.79 Å². The summed E-state index contributed by atoms with van der Waals surface area (Å²) in [5.74, 6) is 0. The quantitative estimate of drug-likeness (QED) is 0.336. The lowest BCUT2D eigenvalue weighted by Gasteiger charge is -1.96. The summed E-state index contributed by atoms with van der Waals surface area (Å²) in [5, 5.41) is 0. The molecular weight excluding hydrogens is 216 g/mol. The standard InChI is InChI=1S/C11H9ClOS/c12-11(8-4-5-9-13)14-10-6-2-1-3-7-10/h1-9H/b5-4+,11-8+. The minimum absolute atomic E-state index is 0.634. The van der Waals surface area contributed by atoms with E-state index in [0.717, 1.165) is 4.90 Å². The highest BCUT2D eigenvalue weighted by Crippen LogP contribution is 2.28. The Kier molecular flexibility index (Phi) is 5.12. The van der Waals surface area contributed by atoms with Crippen LogP contribution in [0.15, 0.2) is 57.8 Å². The summed E-state index contributed by atoms with van der Waals surface area (Å²) in [6.45, 7) is 0. The largest absolute Gasteiger partial charge is 0.299 e. The fraction of sp³-hybridized carbons (Fsp3) is 0. The molecule has 0 aliphatic carbocycles. The number of carbonyl (C=O) groups excluding carboxylic acids is 1. The van der Waals surface area contributed by atoms with Crippen LogP contribution in [-0.4, -0.2) is 6.29 Å². The van der Waals surface area contributed by atoms with E-state index < -0.39 is 0 Å². The molecule has 1 aromatic rings. The van der Waals surface area contributed by atoms with Crippen LogP contribution in [0.5, 0.6) is 0 Å². The number of benzene rings is 1. The van der Waals surface area contributed by atoms with Gasteiger partial charge in [-0.1, -0.05) is 47.6 Å². The van der Waals surface area contributed by atoms with Gasteiger partial charge in [0.1, 0.15) is 6.29 Å². The number of hydrogen-bond donors (Lipinski definition) is 0. The highest BCUT2D eigenvalue weighted by molar-refractivity contribution is 8.04. The number of allylic oxidation sites excluding steroid dienone is 3. The van der Waals surface area contributed by atoms with Gasteiger partial charge in [0.25, 0.3) is 0 Å². The SMILES string of the molecule is O=C/C=C/C=C(\Cl)Sc1ccccc1. The Morgan fingerprint density at radius 1 is 1.21 bits per heavy atom. The molecule has 0 atom stereocenters. The van der Waals surface area contributed by atoms with E-state index in [2.05, 4.69) is 0 Å². The maximum atomic E-state index is 9.98. The van der Waals surface area contributed by atoms with E-state index in [-0.39, 0.29) is 0 Å². The predicted molar refractivity (Wildman–Crippen MR) is 61.4 cm³/mol. The monoisotopic (exact) mass is 224 g/mol. The third-order valence-corrected chi connectivity index (χ3v) is 2.57. The number of aldehydes is 1. The van der Waals surface area contributed by atoms with Gasteiger partial charge in [-0.25, -0.2) is 0 Å². The molecule has 0 aliphatic rings. The van der Waals surface area contributed by atoms with Crippen molar-refractivity contribution in [1.29, 1.82) is 0 Å². The van der Waals surface area contributed by atoms with Crippen LogP contribution in [0, 0.1) is 0 Å². The van der Waals surface area contributed by atoms with E-state index in [1.807, 2.05) is 30.3 Å². The van der Waals surface area contributed by atoms with E-state index in [4.69, 9.17) is 11.6 Å². The van der Waals surface area contributed by atoms with Gasteiger partial charge in [0.15, 0.2) is 0 Å². The van der Waals surface area contributed by atoms with E-state index in [9.17, 15) is 4.79 Å². The third kappa shape index (κ3) is 4.30. The van der Waals surface area contributed by atoms with E-state index in [0.29, 0.717) is 10.7 Å². The van der Waals surface area contributed by atoms with Crippen molar-refractivity contribution in [2.75, 3.05) is 0 Å². The zero-order valence-corrected chi connectivity index (χ0v) is 8.96. The summed E-state index contributed by atoms with van der Waals surface area (Å²) in [5.41, 5.74) is 0. The molecular formula is C11H9ClOS. The van der Waals surface area contributed by atoms with Crippen molar-refractivity contribution >= 4 is 29.6 Å². The molecule has 0 saturated carbocycles. The van der Waals surface area contributed by atoms with Crippen molar-refractivity contribution in [1.82, 2.24) is 0 Å². The first-order chi connectivity index (χ1) is 6.83. The van der Waals surface area contributed by atoms with Crippen LogP contribution in [0.3, 0.4) is 0 Å². The molecule has 0 spiro atoms. The Balaban J connectivity index is 2.57. The second-order valence-corrected chi connectivity index (χ2v) is 4.15. The summed E-state index contributed by atoms with van der Waals surface area (Å²) in [6.07, 6.45) is 5.42. The van der Waals surface area contributed by atoms with Crippen molar-refractivity contribution < 1.29 is 4.79 Å². The summed E-state index contributed by atoms with van der Waals surface area (Å²) in [4.78, 5) is 11.1. The molecule has 72 valence electrons. The molecule has 0 aliphatic heterocycles. The maximum Gasteiger partial charge on any atom is 0.142 e. The van der Waals surface area contributed by atoms with Gasteiger partial charge in [-0.05, 0) is 24.3 Å². The van der Waals surface area contributed by atoms with Gasteiger partial charge in [0.05, 0.1) is 4.36 Å². The molecule has 0 fully saturated rings. The van der Waals surface area contributed by atoms with Crippen molar-refractivity contribution in [3.8, 4) is 0 Å². The summed E-state index contributed by atoms with van der Waals surface area (Å²) >= 11 is 7.36. The molecule has 1 nitrogen and oxygen atoms in total. The zero-order valence-electron chi connectivity index (χ0n) is 7.39. The van der Waals surface area contributed by atoms with Gasteiger partial charge in [0.2, 0.25) is 0 Å².